The number of carboxylic acid groups (broad SMARTS) is 1. The highest BCUT2D eigenvalue weighted by molar-refractivity contribution is 5.90. The van der Waals surface area contributed by atoms with Crippen molar-refractivity contribution in [3.05, 3.63) is 29.3 Å². The summed E-state index contributed by atoms with van der Waals surface area (Å²) in [6, 6.07) is 5.87. The normalized spacial score (nSPS) is 16.4. The molecule has 1 fully saturated rings. The molecule has 0 aliphatic heterocycles. The summed E-state index contributed by atoms with van der Waals surface area (Å²) >= 11 is 0. The van der Waals surface area contributed by atoms with Crippen molar-refractivity contribution in [3.8, 4) is 5.75 Å². The minimum absolute atomic E-state index is 0.212. The second-order valence-electron chi connectivity index (χ2n) is 5.33. The predicted molar refractivity (Wildman–Crippen MR) is 73.6 cm³/mol. The number of ether oxygens (including phenoxy) is 1. The molecular formula is C15H21NO3. The van der Waals surface area contributed by atoms with Crippen LogP contribution in [0.1, 0.15) is 35.7 Å². The summed E-state index contributed by atoms with van der Waals surface area (Å²) in [5, 5.41) is 9.05. The Balaban J connectivity index is 2.10. The fraction of sp³-hybridized carbons (Fsp3) is 0.533. The molecule has 4 nitrogen and oxygen atoms in total. The molecule has 0 amide bonds. The average molecular weight is 263 g/mol. The molecule has 1 aliphatic carbocycles. The summed E-state index contributed by atoms with van der Waals surface area (Å²) < 4.78 is 5.15. The molecule has 0 bridgehead atoms. The van der Waals surface area contributed by atoms with Crippen LogP contribution in [0.5, 0.6) is 5.75 Å². The van der Waals surface area contributed by atoms with Crippen molar-refractivity contribution >= 4 is 5.97 Å². The standard InChI is InChI=1S/C15H21NO3/c1-10(12-5-6-12)16(2)9-11-4-7-13(15(17)18)14(8-11)19-3/h4,7-8,10,12H,5-6,9H2,1-3H3,(H,17,18). The van der Waals surface area contributed by atoms with Crippen molar-refractivity contribution in [2.45, 2.75) is 32.4 Å². The van der Waals surface area contributed by atoms with Crippen molar-refractivity contribution in [1.82, 2.24) is 4.90 Å². The zero-order valence-corrected chi connectivity index (χ0v) is 11.7. The van der Waals surface area contributed by atoms with E-state index in [0.29, 0.717) is 11.8 Å². The Bertz CT molecular complexity index is 468. The van der Waals surface area contributed by atoms with E-state index in [2.05, 4.69) is 18.9 Å². The van der Waals surface area contributed by atoms with Crippen LogP contribution in [0.4, 0.5) is 0 Å². The van der Waals surface area contributed by atoms with E-state index in [9.17, 15) is 4.79 Å². The van der Waals surface area contributed by atoms with Crippen LogP contribution in [0, 0.1) is 5.92 Å². The summed E-state index contributed by atoms with van der Waals surface area (Å²) in [6.45, 7) is 3.06. The van der Waals surface area contributed by atoms with Gasteiger partial charge in [0, 0.05) is 12.6 Å². The molecule has 0 heterocycles. The number of aromatic carboxylic acids is 1. The van der Waals surface area contributed by atoms with E-state index >= 15 is 0 Å². The van der Waals surface area contributed by atoms with Gasteiger partial charge >= 0.3 is 5.97 Å². The first-order valence-corrected chi connectivity index (χ1v) is 6.63. The Morgan fingerprint density at radius 2 is 2.21 bits per heavy atom. The largest absolute Gasteiger partial charge is 0.496 e. The zero-order valence-electron chi connectivity index (χ0n) is 11.7. The van der Waals surface area contributed by atoms with Crippen LogP contribution in [0.25, 0.3) is 0 Å². The Labute approximate surface area is 114 Å². The van der Waals surface area contributed by atoms with Crippen LogP contribution in [0.3, 0.4) is 0 Å². The lowest BCUT2D eigenvalue weighted by molar-refractivity contribution is 0.0693. The lowest BCUT2D eigenvalue weighted by atomic mass is 10.1. The van der Waals surface area contributed by atoms with E-state index in [-0.39, 0.29) is 5.56 Å². The molecule has 1 aromatic rings. The fourth-order valence-corrected chi connectivity index (χ4v) is 2.38. The van der Waals surface area contributed by atoms with Crippen LogP contribution < -0.4 is 4.74 Å². The third-order valence-corrected chi connectivity index (χ3v) is 3.93. The number of rotatable bonds is 6. The minimum atomic E-state index is -0.955. The molecule has 0 radical (unpaired) electrons. The van der Waals surface area contributed by atoms with Gasteiger partial charge in [0.15, 0.2) is 0 Å². The summed E-state index contributed by atoms with van der Waals surface area (Å²) in [6.07, 6.45) is 2.65. The number of methoxy groups -OCH3 is 1. The zero-order chi connectivity index (χ0) is 14.0. The topological polar surface area (TPSA) is 49.8 Å². The summed E-state index contributed by atoms with van der Waals surface area (Å²) in [5.74, 6) is 0.297. The number of benzene rings is 1. The van der Waals surface area contributed by atoms with Crippen LogP contribution in [0.15, 0.2) is 18.2 Å². The maximum atomic E-state index is 11.0. The van der Waals surface area contributed by atoms with Gasteiger partial charge in [-0.15, -0.1) is 0 Å². The van der Waals surface area contributed by atoms with Crippen molar-refractivity contribution in [2.75, 3.05) is 14.2 Å². The lowest BCUT2D eigenvalue weighted by Crippen LogP contribution is -2.30. The molecule has 19 heavy (non-hydrogen) atoms. The first-order valence-electron chi connectivity index (χ1n) is 6.63. The van der Waals surface area contributed by atoms with E-state index in [1.165, 1.54) is 20.0 Å². The first kappa shape index (κ1) is 13.9. The van der Waals surface area contributed by atoms with Gasteiger partial charge < -0.3 is 9.84 Å². The third kappa shape index (κ3) is 3.26. The van der Waals surface area contributed by atoms with Gasteiger partial charge in [-0.1, -0.05) is 6.07 Å². The minimum Gasteiger partial charge on any atom is -0.496 e. The number of nitrogens with zero attached hydrogens (tertiary/aromatic N) is 1. The van der Waals surface area contributed by atoms with Gasteiger partial charge in [0.05, 0.1) is 7.11 Å². The van der Waals surface area contributed by atoms with Gasteiger partial charge in [-0.2, -0.15) is 0 Å². The van der Waals surface area contributed by atoms with E-state index in [1.807, 2.05) is 12.1 Å². The monoisotopic (exact) mass is 263 g/mol. The van der Waals surface area contributed by atoms with Gasteiger partial charge in [-0.25, -0.2) is 4.79 Å². The Hall–Kier alpha value is -1.55. The Kier molecular flexibility index (Phi) is 4.10. The molecule has 2 rings (SSSR count). The van der Waals surface area contributed by atoms with Crippen LogP contribution in [-0.2, 0) is 6.54 Å². The quantitative estimate of drug-likeness (QED) is 0.857. The highest BCUT2D eigenvalue weighted by Gasteiger charge is 2.30. The van der Waals surface area contributed by atoms with E-state index in [1.54, 1.807) is 6.07 Å². The van der Waals surface area contributed by atoms with Gasteiger partial charge in [-0.05, 0) is 50.4 Å². The molecular weight excluding hydrogens is 242 g/mol. The average Bonchev–Trinajstić information content (AvgIpc) is 3.21. The molecule has 0 spiro atoms. The van der Waals surface area contributed by atoms with Crippen LogP contribution >= 0.6 is 0 Å². The molecule has 1 aromatic carbocycles. The van der Waals surface area contributed by atoms with Crippen molar-refractivity contribution in [1.29, 1.82) is 0 Å². The SMILES string of the molecule is COc1cc(CN(C)C(C)C2CC2)ccc1C(=O)O. The maximum Gasteiger partial charge on any atom is 0.339 e. The number of carbonyl (C=O) groups is 1. The molecule has 0 saturated heterocycles. The highest BCUT2D eigenvalue weighted by Crippen LogP contribution is 2.35. The smallest absolute Gasteiger partial charge is 0.339 e. The van der Waals surface area contributed by atoms with Gasteiger partial charge in [0.2, 0.25) is 0 Å². The summed E-state index contributed by atoms with van der Waals surface area (Å²) in [7, 11) is 3.61. The molecule has 4 heteroatoms. The van der Waals surface area contributed by atoms with Gasteiger partial charge in [-0.3, -0.25) is 4.90 Å². The van der Waals surface area contributed by atoms with Crippen LogP contribution in [-0.4, -0.2) is 36.2 Å². The number of hydrogen-bond acceptors (Lipinski definition) is 3. The van der Waals surface area contributed by atoms with E-state index < -0.39 is 5.97 Å². The number of carboxylic acids is 1. The third-order valence-electron chi connectivity index (χ3n) is 3.93. The first-order chi connectivity index (χ1) is 9.02. The molecule has 1 atom stereocenters. The molecule has 1 aliphatic rings. The molecule has 104 valence electrons. The lowest BCUT2D eigenvalue weighted by Gasteiger charge is -2.24. The second-order valence-corrected chi connectivity index (χ2v) is 5.33. The van der Waals surface area contributed by atoms with Crippen LogP contribution in [0.2, 0.25) is 0 Å². The van der Waals surface area contributed by atoms with E-state index in [4.69, 9.17) is 9.84 Å². The maximum absolute atomic E-state index is 11.0. The fourth-order valence-electron chi connectivity index (χ4n) is 2.38. The molecule has 0 aromatic heterocycles. The second kappa shape index (κ2) is 5.61. The summed E-state index contributed by atoms with van der Waals surface area (Å²) in [4.78, 5) is 13.3. The summed E-state index contributed by atoms with van der Waals surface area (Å²) in [5.41, 5.74) is 1.29. The molecule has 1 N–H and O–H groups in total. The number of hydrogen-bond donors (Lipinski definition) is 1. The molecule has 1 unspecified atom stereocenters. The Morgan fingerprint density at radius 3 is 2.74 bits per heavy atom. The Morgan fingerprint density at radius 1 is 1.53 bits per heavy atom. The predicted octanol–water partition coefficient (Wildman–Crippen LogP) is 2.62. The van der Waals surface area contributed by atoms with Gasteiger partial charge in [0.25, 0.3) is 0 Å². The van der Waals surface area contributed by atoms with Gasteiger partial charge in [0.1, 0.15) is 11.3 Å². The highest BCUT2D eigenvalue weighted by atomic mass is 16.5. The molecule has 1 saturated carbocycles. The van der Waals surface area contributed by atoms with Crippen molar-refractivity contribution in [3.63, 3.8) is 0 Å². The van der Waals surface area contributed by atoms with E-state index in [0.717, 1.165) is 18.0 Å². The van der Waals surface area contributed by atoms with Crippen molar-refractivity contribution in [2.24, 2.45) is 5.92 Å². The van der Waals surface area contributed by atoms with Crippen molar-refractivity contribution < 1.29 is 14.6 Å².